The molecule has 0 fully saturated rings. The maximum Gasteiger partial charge on any atom is 0.267 e. The fourth-order valence-electron chi connectivity index (χ4n) is 4.86. The van der Waals surface area contributed by atoms with Crippen molar-refractivity contribution < 1.29 is 31.6 Å². The number of methoxy groups -OCH3 is 1. The summed E-state index contributed by atoms with van der Waals surface area (Å²) in [6.07, 6.45) is -0.779. The van der Waals surface area contributed by atoms with E-state index in [0.29, 0.717) is 5.75 Å². The average molecular weight is 902 g/mol. The molecule has 0 amide bonds. The van der Waals surface area contributed by atoms with E-state index in [1.54, 1.807) is 26.2 Å². The summed E-state index contributed by atoms with van der Waals surface area (Å²) in [7, 11) is -2.62. The van der Waals surface area contributed by atoms with Gasteiger partial charge in [-0.3, -0.25) is 13.7 Å². The van der Waals surface area contributed by atoms with Gasteiger partial charge in [-0.25, -0.2) is 8.42 Å². The van der Waals surface area contributed by atoms with Gasteiger partial charge in [0.2, 0.25) is 9.84 Å². The molecular formula is C32H32Cl7O7P3S. The molecule has 4 aromatic carbocycles. The van der Waals surface area contributed by atoms with Gasteiger partial charge in [0.25, 0.3) is 17.5 Å². The smallest absolute Gasteiger partial charge is 0.267 e. The van der Waals surface area contributed by atoms with E-state index in [-0.39, 0.29) is 43.9 Å². The van der Waals surface area contributed by atoms with Crippen molar-refractivity contribution in [2.24, 2.45) is 0 Å². The van der Waals surface area contributed by atoms with Gasteiger partial charge < -0.3 is 9.47 Å². The Morgan fingerprint density at radius 2 is 1.02 bits per heavy atom. The van der Waals surface area contributed by atoms with Crippen LogP contribution in [-0.4, -0.2) is 21.1 Å². The van der Waals surface area contributed by atoms with Gasteiger partial charge in [-0.2, -0.15) is 0 Å². The first kappa shape index (κ1) is 43.6. The summed E-state index contributed by atoms with van der Waals surface area (Å²) in [4.78, 5) is -0.305. The highest BCUT2D eigenvalue weighted by Gasteiger charge is 2.30. The number of benzene rings is 4. The number of rotatable bonds is 12. The zero-order valence-corrected chi connectivity index (χ0v) is 35.7. The van der Waals surface area contributed by atoms with Crippen LogP contribution >= 0.6 is 96.6 Å². The molecule has 272 valence electrons. The van der Waals surface area contributed by atoms with Crippen LogP contribution in [0.4, 0.5) is 0 Å². The Hall–Kier alpha value is -0.850. The molecule has 0 aromatic heterocycles. The number of sulfone groups is 1. The molecule has 0 saturated heterocycles. The maximum absolute atomic E-state index is 13.9. The van der Waals surface area contributed by atoms with Crippen molar-refractivity contribution in [3.63, 3.8) is 0 Å². The van der Waals surface area contributed by atoms with Crippen molar-refractivity contribution in [3.05, 3.63) is 113 Å². The van der Waals surface area contributed by atoms with E-state index >= 15 is 0 Å². The highest BCUT2D eigenvalue weighted by molar-refractivity contribution is 8.09. The molecule has 0 saturated carbocycles. The number of aryl methyl sites for hydroxylation is 1. The second kappa shape index (κ2) is 17.5. The zero-order chi connectivity index (χ0) is 37.7. The van der Waals surface area contributed by atoms with Gasteiger partial charge in [0.05, 0.1) is 29.2 Å². The molecule has 0 aliphatic carbocycles. The summed E-state index contributed by atoms with van der Waals surface area (Å²) in [6.45, 7) is 5.99. The van der Waals surface area contributed by atoms with Gasteiger partial charge in [-0.15, -0.1) is 11.6 Å². The van der Waals surface area contributed by atoms with E-state index in [0.717, 1.165) is 22.4 Å². The van der Waals surface area contributed by atoms with Crippen LogP contribution < -0.4 is 9.47 Å². The van der Waals surface area contributed by atoms with E-state index in [4.69, 9.17) is 88.5 Å². The Kier molecular flexibility index (Phi) is 15.3. The van der Waals surface area contributed by atoms with Crippen molar-refractivity contribution in [2.45, 2.75) is 48.3 Å². The molecule has 0 spiro atoms. The van der Waals surface area contributed by atoms with E-state index in [1.807, 2.05) is 48.5 Å². The van der Waals surface area contributed by atoms with E-state index in [1.165, 1.54) is 24.3 Å². The van der Waals surface area contributed by atoms with Gasteiger partial charge in [-0.05, 0) is 145 Å². The third-order valence-electron chi connectivity index (χ3n) is 7.30. The zero-order valence-electron chi connectivity index (χ0n) is 27.0. The van der Waals surface area contributed by atoms with Gasteiger partial charge in [-0.1, -0.05) is 55.8 Å². The monoisotopic (exact) mass is 898 g/mol. The number of ether oxygens (including phenoxy) is 2. The van der Waals surface area contributed by atoms with Crippen molar-refractivity contribution in [3.8, 4) is 17.2 Å². The number of halogens is 7. The van der Waals surface area contributed by atoms with E-state index in [9.17, 15) is 22.1 Å². The molecule has 0 heterocycles. The fourth-order valence-corrected chi connectivity index (χ4v) is 9.62. The summed E-state index contributed by atoms with van der Waals surface area (Å²) < 4.78 is 73.8. The van der Waals surface area contributed by atoms with E-state index in [2.05, 4.69) is 13.8 Å². The summed E-state index contributed by atoms with van der Waals surface area (Å²) >= 11 is 38.2. The lowest BCUT2D eigenvalue weighted by molar-refractivity contribution is 0.414. The van der Waals surface area contributed by atoms with Crippen molar-refractivity contribution >= 4 is 106 Å². The van der Waals surface area contributed by atoms with Crippen LogP contribution in [0.25, 0.3) is 0 Å². The first-order chi connectivity index (χ1) is 22.9. The molecule has 0 aliphatic heterocycles. The minimum atomic E-state index is -4.24. The highest BCUT2D eigenvalue weighted by Crippen LogP contribution is 2.61. The SMILES string of the molecule is COc1ccc(C(C)(C)c2ccc(Oc3ccc(S(=O)(=O)c4ccc(C)cc4CP(=O)(Cl)Cl)c(CP(=O)(Cl)Cl)c3)cc2)cc1.O=P(Cl)(Cl)CCl. The fraction of sp³-hybridized carbons (Fsp3) is 0.250. The van der Waals surface area contributed by atoms with Crippen molar-refractivity contribution in [1.29, 1.82) is 0 Å². The van der Waals surface area contributed by atoms with Crippen LogP contribution in [-0.2, 0) is 41.3 Å². The van der Waals surface area contributed by atoms with Crippen LogP contribution in [0.5, 0.6) is 17.2 Å². The van der Waals surface area contributed by atoms with Gasteiger partial charge in [0, 0.05) is 5.41 Å². The molecule has 50 heavy (non-hydrogen) atoms. The Balaban J connectivity index is 0.00000103. The molecular weight excluding hydrogens is 870 g/mol. The van der Waals surface area contributed by atoms with Crippen LogP contribution in [0.1, 0.15) is 41.7 Å². The minimum Gasteiger partial charge on any atom is -0.497 e. The number of hydrogen-bond acceptors (Lipinski definition) is 7. The summed E-state index contributed by atoms with van der Waals surface area (Å²) in [5, 5.41) is 0. The van der Waals surface area contributed by atoms with Crippen LogP contribution in [0.15, 0.2) is 94.7 Å². The van der Waals surface area contributed by atoms with Crippen molar-refractivity contribution in [1.82, 2.24) is 0 Å². The minimum absolute atomic E-state index is 0.0968. The van der Waals surface area contributed by atoms with Gasteiger partial charge in [0.1, 0.15) is 22.9 Å². The Labute approximate surface area is 326 Å². The lowest BCUT2D eigenvalue weighted by Crippen LogP contribution is -2.18. The standard InChI is InChI=1S/C31H30Cl4O6P2S.CH2Cl3OP/c1-21-5-15-29(22(17-21)19-42(32,33)36)44(38,39)30-16-14-28(18-23(30)20-43(34,35)37)41-27-12-8-25(9-13-27)31(2,3)24-6-10-26(40-4)11-7-24;2-1-6(3,4)5/h5-18H,19-20H2,1-4H3;1H2. The summed E-state index contributed by atoms with van der Waals surface area (Å²) in [6, 6.07) is 24.3. The number of hydrogen-bond donors (Lipinski definition) is 0. The molecule has 0 bridgehead atoms. The predicted molar refractivity (Wildman–Crippen MR) is 211 cm³/mol. The Morgan fingerprint density at radius 1 is 0.620 bits per heavy atom. The lowest BCUT2D eigenvalue weighted by Gasteiger charge is -2.26. The Bertz CT molecular complexity index is 2060. The first-order valence-corrected chi connectivity index (χ1v) is 27.5. The summed E-state index contributed by atoms with van der Waals surface area (Å²) in [5.41, 5.74) is 2.71. The second-order valence-electron chi connectivity index (χ2n) is 11.5. The van der Waals surface area contributed by atoms with Gasteiger partial charge in [0.15, 0.2) is 0 Å². The second-order valence-corrected chi connectivity index (χ2v) is 29.8. The average Bonchev–Trinajstić information content (AvgIpc) is 2.99. The van der Waals surface area contributed by atoms with Crippen molar-refractivity contribution in [2.75, 3.05) is 12.7 Å². The highest BCUT2D eigenvalue weighted by atomic mass is 35.9. The molecule has 0 unspecified atom stereocenters. The molecule has 7 nitrogen and oxygen atoms in total. The largest absolute Gasteiger partial charge is 0.497 e. The molecule has 4 rings (SSSR count). The van der Waals surface area contributed by atoms with Gasteiger partial charge >= 0.3 is 0 Å². The third kappa shape index (κ3) is 12.9. The third-order valence-corrected chi connectivity index (χ3v) is 14.8. The first-order valence-electron chi connectivity index (χ1n) is 14.4. The molecule has 18 heteroatoms. The maximum atomic E-state index is 13.9. The van der Waals surface area contributed by atoms with Crippen LogP contribution in [0.2, 0.25) is 0 Å². The Morgan fingerprint density at radius 3 is 1.44 bits per heavy atom. The molecule has 4 aromatic rings. The van der Waals surface area contributed by atoms with E-state index < -0.39 is 33.5 Å². The topological polar surface area (TPSA) is 104 Å². The molecule has 0 radical (unpaired) electrons. The number of alkyl halides is 1. The van der Waals surface area contributed by atoms with Crippen LogP contribution in [0.3, 0.4) is 0 Å². The molecule has 0 aliphatic rings. The van der Waals surface area contributed by atoms with Crippen LogP contribution in [0, 0.1) is 6.92 Å². The quantitative estimate of drug-likeness (QED) is 0.103. The summed E-state index contributed by atoms with van der Waals surface area (Å²) in [5.74, 6) is -8.78. The molecule has 0 N–H and O–H groups in total. The normalized spacial score (nSPS) is 12.5. The lowest BCUT2D eigenvalue weighted by atomic mass is 9.78. The predicted octanol–water partition coefficient (Wildman–Crippen LogP) is 14.1. The molecule has 0 atom stereocenters.